The van der Waals surface area contributed by atoms with Crippen molar-refractivity contribution in [1.82, 2.24) is 0 Å². The molecule has 0 fully saturated rings. The quantitative estimate of drug-likeness (QED) is 0.235. The summed E-state index contributed by atoms with van der Waals surface area (Å²) in [4.78, 5) is 11.2. The molecule has 0 spiro atoms. The normalized spacial score (nSPS) is 12.7. The van der Waals surface area contributed by atoms with Gasteiger partial charge in [0, 0.05) is 0 Å². The van der Waals surface area contributed by atoms with Crippen molar-refractivity contribution in [2.45, 2.75) is 26.9 Å². The minimum atomic E-state index is -3.40. The predicted molar refractivity (Wildman–Crippen MR) is 141 cm³/mol. The Hall–Kier alpha value is -2.73. The van der Waals surface area contributed by atoms with Crippen LogP contribution in [0.25, 0.3) is 0 Å². The van der Waals surface area contributed by atoms with Gasteiger partial charge in [0.05, 0.1) is 0 Å². The van der Waals surface area contributed by atoms with Crippen molar-refractivity contribution in [3.05, 3.63) is 125 Å². The molecule has 32 heavy (non-hydrogen) atoms. The molecular weight excluding hydrogens is 431 g/mol. The maximum absolute atomic E-state index is 11.2. The first-order chi connectivity index (χ1) is 15.3. The standard InChI is InChI=1S/C29H28ClOP/c1-22-4-14-27(15-5-22)32(30,28-16-6-23(2)7-17-28,29-18-8-24(3)9-19-29)21-26-12-10-25(20-31)11-13-26/h4-20H,21H2,1-3H3. The van der Waals surface area contributed by atoms with E-state index in [1.54, 1.807) is 0 Å². The van der Waals surface area contributed by atoms with Crippen LogP contribution in [0.3, 0.4) is 0 Å². The summed E-state index contributed by atoms with van der Waals surface area (Å²) in [6, 6.07) is 33.9. The maximum atomic E-state index is 11.2. The molecule has 0 bridgehead atoms. The Bertz CT molecular complexity index is 1110. The molecule has 0 aliphatic rings. The van der Waals surface area contributed by atoms with Crippen molar-refractivity contribution in [3.63, 3.8) is 0 Å². The van der Waals surface area contributed by atoms with Gasteiger partial charge in [0.1, 0.15) is 0 Å². The zero-order chi connectivity index (χ0) is 22.8. The number of carbonyl (C=O) groups excluding carboxylic acids is 1. The molecule has 0 saturated carbocycles. The molecule has 1 nitrogen and oxygen atoms in total. The van der Waals surface area contributed by atoms with Gasteiger partial charge in [-0.1, -0.05) is 0 Å². The number of aryl methyl sites for hydroxylation is 3. The predicted octanol–water partition coefficient (Wildman–Crippen LogP) is 6.61. The zero-order valence-electron chi connectivity index (χ0n) is 18.8. The van der Waals surface area contributed by atoms with Gasteiger partial charge in [-0.05, 0) is 0 Å². The number of halogens is 1. The molecule has 0 amide bonds. The minimum absolute atomic E-state index is 0.668. The number of benzene rings is 4. The fourth-order valence-corrected chi connectivity index (χ4v) is 10.4. The van der Waals surface area contributed by atoms with E-state index in [2.05, 4.69) is 93.6 Å². The molecule has 4 aromatic carbocycles. The Labute approximate surface area is 195 Å². The molecule has 0 heterocycles. The van der Waals surface area contributed by atoms with Crippen LogP contribution >= 0.6 is 17.2 Å². The van der Waals surface area contributed by atoms with Crippen molar-refractivity contribution >= 4 is 39.4 Å². The van der Waals surface area contributed by atoms with Crippen LogP contribution in [0, 0.1) is 20.8 Å². The Morgan fingerprint density at radius 3 is 1.25 bits per heavy atom. The Morgan fingerprint density at radius 1 is 0.594 bits per heavy atom. The Balaban J connectivity index is 2.07. The van der Waals surface area contributed by atoms with Gasteiger partial charge in [-0.15, -0.1) is 0 Å². The van der Waals surface area contributed by atoms with Crippen molar-refractivity contribution in [2.75, 3.05) is 0 Å². The van der Waals surface area contributed by atoms with Gasteiger partial charge in [0.15, 0.2) is 0 Å². The van der Waals surface area contributed by atoms with Gasteiger partial charge in [-0.25, -0.2) is 0 Å². The molecule has 3 heteroatoms. The first-order valence-corrected chi connectivity index (χ1v) is 14.1. The van der Waals surface area contributed by atoms with E-state index in [9.17, 15) is 4.79 Å². The van der Waals surface area contributed by atoms with Crippen LogP contribution in [0.2, 0.25) is 0 Å². The number of hydrogen-bond donors (Lipinski definition) is 0. The molecular formula is C29H28ClOP. The van der Waals surface area contributed by atoms with E-state index in [-0.39, 0.29) is 0 Å². The molecule has 4 rings (SSSR count). The monoisotopic (exact) mass is 458 g/mol. The molecule has 0 atom stereocenters. The van der Waals surface area contributed by atoms with E-state index < -0.39 is 5.96 Å². The van der Waals surface area contributed by atoms with E-state index in [1.165, 1.54) is 16.7 Å². The molecule has 0 aliphatic carbocycles. The fraction of sp³-hybridized carbons (Fsp3) is 0.138. The molecule has 162 valence electrons. The number of carbonyl (C=O) groups is 1. The van der Waals surface area contributed by atoms with Crippen molar-refractivity contribution in [1.29, 1.82) is 0 Å². The molecule has 4 aromatic rings. The topological polar surface area (TPSA) is 17.1 Å². The summed E-state index contributed by atoms with van der Waals surface area (Å²) in [5, 5.41) is 3.45. The third kappa shape index (κ3) is 3.92. The second kappa shape index (κ2) is 8.66. The van der Waals surface area contributed by atoms with E-state index in [0.29, 0.717) is 11.7 Å². The summed E-state index contributed by atoms with van der Waals surface area (Å²) in [6.07, 6.45) is 1.55. The van der Waals surface area contributed by atoms with Gasteiger partial charge in [0.25, 0.3) is 0 Å². The molecule has 0 unspecified atom stereocenters. The number of hydrogen-bond acceptors (Lipinski definition) is 1. The van der Waals surface area contributed by atoms with Gasteiger partial charge >= 0.3 is 196 Å². The van der Waals surface area contributed by atoms with E-state index in [1.807, 2.05) is 24.3 Å². The second-order valence-electron chi connectivity index (χ2n) is 8.71. The number of aldehydes is 1. The zero-order valence-corrected chi connectivity index (χ0v) is 20.4. The van der Waals surface area contributed by atoms with Crippen LogP contribution in [0.1, 0.15) is 32.6 Å². The summed E-state index contributed by atoms with van der Waals surface area (Å²) in [7, 11) is 0. The third-order valence-corrected chi connectivity index (χ3v) is 13.5. The molecule has 0 N–H and O–H groups in total. The average Bonchev–Trinajstić information content (AvgIpc) is 2.81. The molecule has 0 radical (unpaired) electrons. The van der Waals surface area contributed by atoms with Crippen LogP contribution in [0.4, 0.5) is 0 Å². The SMILES string of the molecule is Cc1ccc(P(Cl)(Cc2ccc(C=O)cc2)(c2ccc(C)cc2)c2ccc(C)cc2)cc1. The molecule has 0 aromatic heterocycles. The van der Waals surface area contributed by atoms with Gasteiger partial charge < -0.3 is 0 Å². The van der Waals surface area contributed by atoms with Crippen molar-refractivity contribution < 1.29 is 4.79 Å². The summed E-state index contributed by atoms with van der Waals surface area (Å²) >= 11 is 8.20. The summed E-state index contributed by atoms with van der Waals surface area (Å²) < 4.78 is 0. The van der Waals surface area contributed by atoms with Gasteiger partial charge in [-0.2, -0.15) is 0 Å². The van der Waals surface area contributed by atoms with Crippen LogP contribution in [0.15, 0.2) is 97.1 Å². The van der Waals surface area contributed by atoms with E-state index in [4.69, 9.17) is 11.2 Å². The van der Waals surface area contributed by atoms with Gasteiger partial charge in [0.2, 0.25) is 0 Å². The van der Waals surface area contributed by atoms with Crippen LogP contribution in [0.5, 0.6) is 0 Å². The summed E-state index contributed by atoms with van der Waals surface area (Å²) in [5.41, 5.74) is 5.41. The van der Waals surface area contributed by atoms with E-state index in [0.717, 1.165) is 27.8 Å². The second-order valence-corrected chi connectivity index (χ2v) is 15.2. The Kier molecular flexibility index (Phi) is 6.08. The Morgan fingerprint density at radius 2 is 0.938 bits per heavy atom. The van der Waals surface area contributed by atoms with Gasteiger partial charge in [-0.3, -0.25) is 0 Å². The first kappa shape index (κ1) is 22.5. The number of rotatable bonds is 6. The molecule has 0 saturated heterocycles. The summed E-state index contributed by atoms with van der Waals surface area (Å²) in [5.74, 6) is -3.40. The third-order valence-electron chi connectivity index (χ3n) is 6.31. The van der Waals surface area contributed by atoms with Crippen LogP contribution in [-0.2, 0) is 6.16 Å². The van der Waals surface area contributed by atoms with Crippen molar-refractivity contribution in [2.24, 2.45) is 0 Å². The van der Waals surface area contributed by atoms with Crippen LogP contribution < -0.4 is 15.9 Å². The first-order valence-electron chi connectivity index (χ1n) is 10.8. The molecule has 0 aliphatic heterocycles. The fourth-order valence-electron chi connectivity index (χ4n) is 4.33. The van der Waals surface area contributed by atoms with E-state index >= 15 is 0 Å². The van der Waals surface area contributed by atoms with Crippen LogP contribution in [-0.4, -0.2) is 6.29 Å². The summed E-state index contributed by atoms with van der Waals surface area (Å²) in [6.45, 7) is 6.30. The van der Waals surface area contributed by atoms with Crippen molar-refractivity contribution in [3.8, 4) is 0 Å². The average molecular weight is 459 g/mol.